The summed E-state index contributed by atoms with van der Waals surface area (Å²) in [5.74, 6) is 0.870. The molecule has 0 radical (unpaired) electrons. The number of carbonyl (C=O) groups excluding carboxylic acids is 1. The molecule has 1 aromatic carbocycles. The van der Waals surface area contributed by atoms with Crippen molar-refractivity contribution in [2.45, 2.75) is 19.4 Å². The van der Waals surface area contributed by atoms with Gasteiger partial charge in [-0.25, -0.2) is 4.79 Å². The molecular formula is C17H20N4O3. The molecule has 1 saturated heterocycles. The molecule has 1 atom stereocenters. The molecule has 24 heavy (non-hydrogen) atoms. The van der Waals surface area contributed by atoms with E-state index >= 15 is 0 Å². The van der Waals surface area contributed by atoms with Crippen molar-refractivity contribution in [1.82, 2.24) is 15.1 Å². The SMILES string of the molecule is COc1ccc(OC2CCN(C(=O)Nc3ccc(C)cc3)C2)nn1. The first-order chi connectivity index (χ1) is 11.6. The van der Waals surface area contributed by atoms with Crippen LogP contribution >= 0.6 is 0 Å². The Morgan fingerprint density at radius 1 is 1.17 bits per heavy atom. The predicted octanol–water partition coefficient (Wildman–Crippen LogP) is 2.48. The maximum Gasteiger partial charge on any atom is 0.321 e. The highest BCUT2D eigenvalue weighted by atomic mass is 16.5. The second-order valence-corrected chi connectivity index (χ2v) is 5.68. The van der Waals surface area contributed by atoms with Crippen molar-refractivity contribution in [3.63, 3.8) is 0 Å². The number of rotatable bonds is 4. The van der Waals surface area contributed by atoms with Gasteiger partial charge in [0.25, 0.3) is 0 Å². The lowest BCUT2D eigenvalue weighted by Crippen LogP contribution is -2.34. The molecule has 0 aliphatic carbocycles. The smallest absolute Gasteiger partial charge is 0.321 e. The van der Waals surface area contributed by atoms with E-state index < -0.39 is 0 Å². The number of aryl methyl sites for hydroxylation is 1. The molecule has 2 amide bonds. The summed E-state index contributed by atoms with van der Waals surface area (Å²) in [6.07, 6.45) is 0.672. The van der Waals surface area contributed by atoms with Gasteiger partial charge < -0.3 is 19.7 Å². The highest BCUT2D eigenvalue weighted by molar-refractivity contribution is 5.89. The zero-order valence-electron chi connectivity index (χ0n) is 13.7. The molecule has 1 aliphatic rings. The van der Waals surface area contributed by atoms with E-state index in [-0.39, 0.29) is 12.1 Å². The number of hydrogen-bond acceptors (Lipinski definition) is 5. The molecule has 7 nitrogen and oxygen atoms in total. The zero-order chi connectivity index (χ0) is 16.9. The van der Waals surface area contributed by atoms with E-state index in [2.05, 4.69) is 15.5 Å². The first kappa shape index (κ1) is 16.0. The Labute approximate surface area is 140 Å². The van der Waals surface area contributed by atoms with E-state index in [1.165, 1.54) is 7.11 Å². The third-order valence-corrected chi connectivity index (χ3v) is 3.85. The van der Waals surface area contributed by atoms with Crippen LogP contribution in [0.5, 0.6) is 11.8 Å². The lowest BCUT2D eigenvalue weighted by Gasteiger charge is -2.17. The summed E-state index contributed by atoms with van der Waals surface area (Å²) in [6, 6.07) is 11.0. The maximum atomic E-state index is 12.3. The minimum atomic E-state index is -0.120. The Bertz CT molecular complexity index is 688. The van der Waals surface area contributed by atoms with Crippen LogP contribution in [-0.4, -0.2) is 47.4 Å². The average Bonchev–Trinajstić information content (AvgIpc) is 3.06. The second-order valence-electron chi connectivity index (χ2n) is 5.68. The third-order valence-electron chi connectivity index (χ3n) is 3.85. The fourth-order valence-electron chi connectivity index (χ4n) is 2.50. The summed E-state index contributed by atoms with van der Waals surface area (Å²) < 4.78 is 10.7. The van der Waals surface area contributed by atoms with Crippen molar-refractivity contribution in [1.29, 1.82) is 0 Å². The Morgan fingerprint density at radius 2 is 1.88 bits per heavy atom. The lowest BCUT2D eigenvalue weighted by molar-refractivity contribution is 0.188. The molecule has 2 aromatic rings. The molecule has 0 bridgehead atoms. The Kier molecular flexibility index (Phi) is 4.79. The van der Waals surface area contributed by atoms with Gasteiger partial charge in [0.2, 0.25) is 11.8 Å². The van der Waals surface area contributed by atoms with E-state index in [1.807, 2.05) is 31.2 Å². The maximum absolute atomic E-state index is 12.3. The zero-order valence-corrected chi connectivity index (χ0v) is 13.7. The van der Waals surface area contributed by atoms with E-state index in [0.717, 1.165) is 17.7 Å². The van der Waals surface area contributed by atoms with Crippen molar-refractivity contribution in [3.05, 3.63) is 42.0 Å². The molecule has 126 valence electrons. The van der Waals surface area contributed by atoms with Gasteiger partial charge in [-0.2, -0.15) is 0 Å². The average molecular weight is 328 g/mol. The van der Waals surface area contributed by atoms with Crippen molar-refractivity contribution in [2.24, 2.45) is 0 Å². The fraction of sp³-hybridized carbons (Fsp3) is 0.353. The van der Waals surface area contributed by atoms with Crippen LogP contribution in [0.2, 0.25) is 0 Å². The van der Waals surface area contributed by atoms with Gasteiger partial charge in [-0.1, -0.05) is 17.7 Å². The second kappa shape index (κ2) is 7.16. The number of anilines is 1. The highest BCUT2D eigenvalue weighted by Gasteiger charge is 2.28. The number of urea groups is 1. The van der Waals surface area contributed by atoms with E-state index in [1.54, 1.807) is 17.0 Å². The van der Waals surface area contributed by atoms with Crippen LogP contribution in [0, 0.1) is 6.92 Å². The van der Waals surface area contributed by atoms with Crippen LogP contribution < -0.4 is 14.8 Å². The van der Waals surface area contributed by atoms with Crippen molar-refractivity contribution >= 4 is 11.7 Å². The summed E-state index contributed by atoms with van der Waals surface area (Å²) in [4.78, 5) is 14.0. The topological polar surface area (TPSA) is 76.6 Å². The molecule has 0 spiro atoms. The largest absolute Gasteiger partial charge is 0.480 e. The molecule has 0 saturated carbocycles. The molecule has 1 fully saturated rings. The number of nitrogens with one attached hydrogen (secondary N) is 1. The number of ether oxygens (including phenoxy) is 2. The number of carbonyl (C=O) groups is 1. The number of likely N-dealkylation sites (tertiary alicyclic amines) is 1. The lowest BCUT2D eigenvalue weighted by atomic mass is 10.2. The quantitative estimate of drug-likeness (QED) is 0.933. The van der Waals surface area contributed by atoms with Crippen molar-refractivity contribution in [2.75, 3.05) is 25.5 Å². The normalized spacial score (nSPS) is 16.8. The summed E-state index contributed by atoms with van der Waals surface area (Å²) in [6.45, 7) is 3.17. The standard InChI is InChI=1S/C17H20N4O3/c1-12-3-5-13(6-4-12)18-17(22)21-10-9-14(11-21)24-16-8-7-15(23-2)19-20-16/h3-8,14H,9-11H2,1-2H3,(H,18,22). The van der Waals surface area contributed by atoms with Gasteiger partial charge in [0.1, 0.15) is 6.10 Å². The van der Waals surface area contributed by atoms with E-state index in [0.29, 0.717) is 24.8 Å². The van der Waals surface area contributed by atoms with Crippen molar-refractivity contribution in [3.8, 4) is 11.8 Å². The minimum Gasteiger partial charge on any atom is -0.480 e. The summed E-state index contributed by atoms with van der Waals surface area (Å²) in [7, 11) is 1.53. The molecule has 1 aliphatic heterocycles. The van der Waals surface area contributed by atoms with E-state index in [4.69, 9.17) is 9.47 Å². The van der Waals surface area contributed by atoms with E-state index in [9.17, 15) is 4.79 Å². The third kappa shape index (κ3) is 3.92. The van der Waals surface area contributed by atoms with Crippen LogP contribution in [0.4, 0.5) is 10.5 Å². The number of methoxy groups -OCH3 is 1. The Balaban J connectivity index is 1.52. The first-order valence-electron chi connectivity index (χ1n) is 7.81. The Hall–Kier alpha value is -2.83. The van der Waals surface area contributed by atoms with Crippen LogP contribution in [0.25, 0.3) is 0 Å². The summed E-state index contributed by atoms with van der Waals surface area (Å²) >= 11 is 0. The summed E-state index contributed by atoms with van der Waals surface area (Å²) in [5, 5.41) is 10.7. The number of hydrogen-bond donors (Lipinski definition) is 1. The van der Waals surface area contributed by atoms with Gasteiger partial charge in [0.15, 0.2) is 0 Å². The Morgan fingerprint density at radius 3 is 2.54 bits per heavy atom. The van der Waals surface area contributed by atoms with Gasteiger partial charge in [-0.05, 0) is 19.1 Å². The number of aromatic nitrogens is 2. The van der Waals surface area contributed by atoms with Crippen LogP contribution in [-0.2, 0) is 0 Å². The number of benzene rings is 1. The molecule has 1 unspecified atom stereocenters. The summed E-state index contributed by atoms with van der Waals surface area (Å²) in [5.41, 5.74) is 1.94. The number of amides is 2. The molecule has 7 heteroatoms. The molecule has 2 heterocycles. The van der Waals surface area contributed by atoms with Crippen LogP contribution in [0.1, 0.15) is 12.0 Å². The highest BCUT2D eigenvalue weighted by Crippen LogP contribution is 2.18. The van der Waals surface area contributed by atoms with Crippen molar-refractivity contribution < 1.29 is 14.3 Å². The first-order valence-corrected chi connectivity index (χ1v) is 7.81. The van der Waals surface area contributed by atoms with Gasteiger partial charge in [0, 0.05) is 30.8 Å². The molecular weight excluding hydrogens is 308 g/mol. The van der Waals surface area contributed by atoms with Gasteiger partial charge in [0.05, 0.1) is 13.7 Å². The van der Waals surface area contributed by atoms with Crippen LogP contribution in [0.3, 0.4) is 0 Å². The minimum absolute atomic E-state index is 0.0866. The fourth-order valence-corrected chi connectivity index (χ4v) is 2.50. The number of nitrogens with zero attached hydrogens (tertiary/aromatic N) is 3. The van der Waals surface area contributed by atoms with Crippen LogP contribution in [0.15, 0.2) is 36.4 Å². The molecule has 1 aromatic heterocycles. The monoisotopic (exact) mass is 328 g/mol. The predicted molar refractivity (Wildman–Crippen MR) is 89.4 cm³/mol. The van der Waals surface area contributed by atoms with Gasteiger partial charge in [-0.3, -0.25) is 0 Å². The molecule has 3 rings (SSSR count). The molecule has 1 N–H and O–H groups in total. The van der Waals surface area contributed by atoms with Gasteiger partial charge in [-0.15, -0.1) is 10.2 Å². The van der Waals surface area contributed by atoms with Gasteiger partial charge >= 0.3 is 6.03 Å².